The zero-order chi connectivity index (χ0) is 12.0. The number of phenolic OH excluding ortho intramolecular Hbond substituents is 1. The first-order valence-corrected chi connectivity index (χ1v) is 5.19. The van der Waals surface area contributed by atoms with Crippen molar-refractivity contribution in [3.05, 3.63) is 23.8 Å². The predicted molar refractivity (Wildman–Crippen MR) is 59.6 cm³/mol. The van der Waals surface area contributed by atoms with Crippen LogP contribution in [0.5, 0.6) is 11.5 Å². The molecule has 0 atom stereocenters. The average Bonchev–Trinajstić information content (AvgIpc) is 2.28. The van der Waals surface area contributed by atoms with Crippen LogP contribution in [0.15, 0.2) is 18.2 Å². The lowest BCUT2D eigenvalue weighted by Crippen LogP contribution is -2.05. The van der Waals surface area contributed by atoms with Crippen molar-refractivity contribution in [1.29, 1.82) is 0 Å². The summed E-state index contributed by atoms with van der Waals surface area (Å²) in [7, 11) is 1.49. The van der Waals surface area contributed by atoms with Gasteiger partial charge in [-0.1, -0.05) is 12.1 Å². The van der Waals surface area contributed by atoms with Crippen LogP contribution in [0.25, 0.3) is 0 Å². The Bertz CT molecular complexity index is 360. The number of methoxy groups -OCH3 is 1. The minimum Gasteiger partial charge on any atom is -0.504 e. The van der Waals surface area contributed by atoms with Crippen LogP contribution in [0.4, 0.5) is 0 Å². The van der Waals surface area contributed by atoms with Crippen molar-refractivity contribution in [3.63, 3.8) is 0 Å². The maximum atomic E-state index is 11.1. The van der Waals surface area contributed by atoms with Gasteiger partial charge in [0.15, 0.2) is 11.5 Å². The molecule has 0 saturated heterocycles. The van der Waals surface area contributed by atoms with Crippen LogP contribution >= 0.6 is 0 Å². The highest BCUT2D eigenvalue weighted by atomic mass is 16.5. The minimum atomic E-state index is -0.260. The molecule has 16 heavy (non-hydrogen) atoms. The van der Waals surface area contributed by atoms with Crippen LogP contribution in [0.1, 0.15) is 18.9 Å². The first kappa shape index (κ1) is 12.4. The van der Waals surface area contributed by atoms with Gasteiger partial charge >= 0.3 is 5.97 Å². The molecule has 4 nitrogen and oxygen atoms in total. The molecule has 1 aromatic carbocycles. The highest BCUT2D eigenvalue weighted by Crippen LogP contribution is 2.30. The van der Waals surface area contributed by atoms with Gasteiger partial charge < -0.3 is 14.6 Å². The van der Waals surface area contributed by atoms with Gasteiger partial charge in [0.2, 0.25) is 0 Å². The molecule has 88 valence electrons. The van der Waals surface area contributed by atoms with Crippen LogP contribution in [0.3, 0.4) is 0 Å². The number of carbonyl (C=O) groups excluding carboxylic acids is 1. The zero-order valence-electron chi connectivity index (χ0n) is 9.53. The molecule has 0 saturated carbocycles. The van der Waals surface area contributed by atoms with Gasteiger partial charge in [0.05, 0.1) is 13.7 Å². The van der Waals surface area contributed by atoms with Gasteiger partial charge in [-0.05, 0) is 25.0 Å². The van der Waals surface area contributed by atoms with Crippen molar-refractivity contribution < 1.29 is 19.4 Å². The molecule has 1 aromatic rings. The summed E-state index contributed by atoms with van der Waals surface area (Å²) in [6.45, 7) is 2.14. The topological polar surface area (TPSA) is 55.8 Å². The normalized spacial score (nSPS) is 9.88. The minimum absolute atomic E-state index is 0.0919. The van der Waals surface area contributed by atoms with E-state index in [1.165, 1.54) is 7.11 Å². The lowest BCUT2D eigenvalue weighted by atomic mass is 10.1. The fourth-order valence-electron chi connectivity index (χ4n) is 1.40. The van der Waals surface area contributed by atoms with E-state index in [9.17, 15) is 9.90 Å². The standard InChI is InChI=1S/C12H16O4/c1-3-16-11(13)8-7-9-5-4-6-10(15-2)12(9)14/h4-6,14H,3,7-8H2,1-2H3. The Kier molecular flexibility index (Phi) is 4.64. The molecule has 1 N–H and O–H groups in total. The van der Waals surface area contributed by atoms with E-state index in [1.807, 2.05) is 0 Å². The van der Waals surface area contributed by atoms with E-state index in [0.717, 1.165) is 0 Å². The third kappa shape index (κ3) is 3.15. The number of hydrogen-bond donors (Lipinski definition) is 1. The predicted octanol–water partition coefficient (Wildman–Crippen LogP) is 1.90. The Morgan fingerprint density at radius 3 is 2.81 bits per heavy atom. The molecule has 0 amide bonds. The number of para-hydroxylation sites is 1. The second kappa shape index (κ2) is 6.00. The summed E-state index contributed by atoms with van der Waals surface area (Å²) in [6.07, 6.45) is 0.705. The average molecular weight is 224 g/mol. The van der Waals surface area contributed by atoms with Gasteiger partial charge in [0.25, 0.3) is 0 Å². The van der Waals surface area contributed by atoms with Crippen molar-refractivity contribution >= 4 is 5.97 Å². The molecule has 0 aliphatic heterocycles. The molecule has 0 fully saturated rings. The second-order valence-corrected chi connectivity index (χ2v) is 3.27. The van der Waals surface area contributed by atoms with Crippen LogP contribution in [0, 0.1) is 0 Å². The number of hydrogen-bond acceptors (Lipinski definition) is 4. The van der Waals surface area contributed by atoms with E-state index in [0.29, 0.717) is 24.3 Å². The highest BCUT2D eigenvalue weighted by molar-refractivity contribution is 5.70. The third-order valence-electron chi connectivity index (χ3n) is 2.21. The Labute approximate surface area is 94.8 Å². The molecule has 0 heterocycles. The largest absolute Gasteiger partial charge is 0.504 e. The van der Waals surface area contributed by atoms with E-state index in [1.54, 1.807) is 25.1 Å². The highest BCUT2D eigenvalue weighted by Gasteiger charge is 2.09. The number of ether oxygens (including phenoxy) is 2. The van der Waals surface area contributed by atoms with Gasteiger partial charge in [-0.2, -0.15) is 0 Å². The molecule has 1 rings (SSSR count). The molecule has 0 aromatic heterocycles. The number of phenols is 1. The van der Waals surface area contributed by atoms with Crippen molar-refractivity contribution in [2.75, 3.05) is 13.7 Å². The summed E-state index contributed by atoms with van der Waals surface area (Å²) in [6, 6.07) is 5.21. The quantitative estimate of drug-likeness (QED) is 0.776. The Balaban J connectivity index is 2.63. The first-order valence-electron chi connectivity index (χ1n) is 5.19. The molecular weight excluding hydrogens is 208 g/mol. The number of rotatable bonds is 5. The molecule has 0 bridgehead atoms. The van der Waals surface area contributed by atoms with Crippen molar-refractivity contribution in [2.45, 2.75) is 19.8 Å². The van der Waals surface area contributed by atoms with Crippen LogP contribution in [-0.2, 0) is 16.0 Å². The maximum absolute atomic E-state index is 11.1. The maximum Gasteiger partial charge on any atom is 0.306 e. The lowest BCUT2D eigenvalue weighted by Gasteiger charge is -2.08. The van der Waals surface area contributed by atoms with Gasteiger partial charge in [0.1, 0.15) is 0 Å². The molecule has 0 aliphatic carbocycles. The van der Waals surface area contributed by atoms with Crippen LogP contribution < -0.4 is 4.74 Å². The molecule has 0 radical (unpaired) electrons. The van der Waals surface area contributed by atoms with Gasteiger partial charge in [-0.15, -0.1) is 0 Å². The summed E-state index contributed by atoms with van der Waals surface area (Å²) in [5.74, 6) is 0.250. The number of aromatic hydroxyl groups is 1. The van der Waals surface area contributed by atoms with E-state index in [-0.39, 0.29) is 18.1 Å². The van der Waals surface area contributed by atoms with Crippen molar-refractivity contribution in [1.82, 2.24) is 0 Å². The number of esters is 1. The fraction of sp³-hybridized carbons (Fsp3) is 0.417. The van der Waals surface area contributed by atoms with Crippen LogP contribution in [0.2, 0.25) is 0 Å². The number of aryl methyl sites for hydroxylation is 1. The van der Waals surface area contributed by atoms with Gasteiger partial charge in [-0.25, -0.2) is 0 Å². The second-order valence-electron chi connectivity index (χ2n) is 3.27. The molecule has 4 heteroatoms. The van der Waals surface area contributed by atoms with E-state index in [2.05, 4.69) is 0 Å². The Morgan fingerprint density at radius 2 is 2.19 bits per heavy atom. The summed E-state index contributed by atoms with van der Waals surface area (Å²) in [5, 5.41) is 9.75. The Morgan fingerprint density at radius 1 is 1.44 bits per heavy atom. The lowest BCUT2D eigenvalue weighted by molar-refractivity contribution is -0.143. The summed E-state index contributed by atoms with van der Waals surface area (Å²) >= 11 is 0. The molecular formula is C12H16O4. The Hall–Kier alpha value is -1.71. The zero-order valence-corrected chi connectivity index (χ0v) is 9.53. The molecule has 0 aliphatic rings. The van der Waals surface area contributed by atoms with Crippen molar-refractivity contribution in [3.8, 4) is 11.5 Å². The summed E-state index contributed by atoms with van der Waals surface area (Å²) in [5.41, 5.74) is 0.687. The van der Waals surface area contributed by atoms with Crippen molar-refractivity contribution in [2.24, 2.45) is 0 Å². The number of benzene rings is 1. The monoisotopic (exact) mass is 224 g/mol. The van der Waals surface area contributed by atoms with E-state index < -0.39 is 0 Å². The first-order chi connectivity index (χ1) is 7.69. The SMILES string of the molecule is CCOC(=O)CCc1cccc(OC)c1O. The molecule has 0 unspecified atom stereocenters. The fourth-order valence-corrected chi connectivity index (χ4v) is 1.40. The van der Waals surface area contributed by atoms with E-state index >= 15 is 0 Å². The summed E-state index contributed by atoms with van der Waals surface area (Å²) < 4.78 is 9.78. The number of carbonyl (C=O) groups is 1. The van der Waals surface area contributed by atoms with Crippen LogP contribution in [-0.4, -0.2) is 24.8 Å². The van der Waals surface area contributed by atoms with Gasteiger partial charge in [-0.3, -0.25) is 4.79 Å². The summed E-state index contributed by atoms with van der Waals surface area (Å²) in [4.78, 5) is 11.1. The van der Waals surface area contributed by atoms with E-state index in [4.69, 9.17) is 9.47 Å². The third-order valence-corrected chi connectivity index (χ3v) is 2.21. The van der Waals surface area contributed by atoms with Gasteiger partial charge in [0, 0.05) is 6.42 Å². The smallest absolute Gasteiger partial charge is 0.306 e. The molecule has 0 spiro atoms.